The molecule has 0 unspecified atom stereocenters. The van der Waals surface area contributed by atoms with E-state index in [9.17, 15) is 16.8 Å². The van der Waals surface area contributed by atoms with Crippen LogP contribution in [0.4, 0.5) is 0 Å². The lowest BCUT2D eigenvalue weighted by Gasteiger charge is -2.37. The molecule has 0 atom stereocenters. The molecule has 2 rings (SSSR count). The van der Waals surface area contributed by atoms with Gasteiger partial charge in [0, 0.05) is 18.8 Å². The van der Waals surface area contributed by atoms with Crippen LogP contribution >= 0.6 is 0 Å². The highest BCUT2D eigenvalue weighted by Gasteiger charge is 2.42. The molecule has 0 radical (unpaired) electrons. The van der Waals surface area contributed by atoms with Crippen LogP contribution in [0, 0.1) is 0 Å². The predicted octanol–water partition coefficient (Wildman–Crippen LogP) is 1.28. The van der Waals surface area contributed by atoms with Crippen molar-refractivity contribution in [3.63, 3.8) is 0 Å². The number of nitrogens with zero attached hydrogens (tertiary/aromatic N) is 1. The fourth-order valence-corrected chi connectivity index (χ4v) is 5.18. The van der Waals surface area contributed by atoms with Gasteiger partial charge in [-0.1, -0.05) is 6.92 Å². The highest BCUT2D eigenvalue weighted by Crippen LogP contribution is 2.26. The second kappa shape index (κ2) is 6.17. The average molecular weight is 347 g/mol. The van der Waals surface area contributed by atoms with E-state index in [0.717, 1.165) is 0 Å². The molecule has 1 aromatic carbocycles. The number of benzene rings is 1. The SMILES string of the molecule is CCS(=O)(=O)C1CN(S(=O)(=O)c2ccc(OC(C)C)cc2)C1. The number of rotatable bonds is 6. The van der Waals surface area contributed by atoms with E-state index >= 15 is 0 Å². The number of hydrogen-bond acceptors (Lipinski definition) is 5. The first kappa shape index (κ1) is 17.2. The third kappa shape index (κ3) is 3.44. The molecule has 1 saturated heterocycles. The molecule has 0 spiro atoms. The van der Waals surface area contributed by atoms with Crippen molar-refractivity contribution < 1.29 is 21.6 Å². The summed E-state index contributed by atoms with van der Waals surface area (Å²) in [5.41, 5.74) is 0. The maximum absolute atomic E-state index is 12.4. The van der Waals surface area contributed by atoms with E-state index in [4.69, 9.17) is 4.74 Å². The first-order chi connectivity index (χ1) is 10.2. The third-order valence-corrected chi connectivity index (χ3v) is 7.52. The van der Waals surface area contributed by atoms with E-state index in [1.165, 1.54) is 16.4 Å². The molecular weight excluding hydrogens is 326 g/mol. The zero-order valence-electron chi connectivity index (χ0n) is 12.9. The summed E-state index contributed by atoms with van der Waals surface area (Å²) in [5.74, 6) is 0.635. The predicted molar refractivity (Wildman–Crippen MR) is 84.2 cm³/mol. The molecule has 8 heteroatoms. The molecule has 1 aromatic rings. The Bertz CT molecular complexity index is 717. The zero-order valence-corrected chi connectivity index (χ0v) is 14.5. The summed E-state index contributed by atoms with van der Waals surface area (Å²) in [5, 5.41) is -0.587. The summed E-state index contributed by atoms with van der Waals surface area (Å²) in [4.78, 5) is 0.149. The maximum Gasteiger partial charge on any atom is 0.243 e. The van der Waals surface area contributed by atoms with E-state index in [-0.39, 0.29) is 29.8 Å². The van der Waals surface area contributed by atoms with Crippen molar-refractivity contribution in [3.05, 3.63) is 24.3 Å². The Morgan fingerprint density at radius 1 is 1.14 bits per heavy atom. The van der Waals surface area contributed by atoms with Crippen LogP contribution in [0.3, 0.4) is 0 Å². The Hall–Kier alpha value is -1.12. The minimum Gasteiger partial charge on any atom is -0.491 e. The molecule has 1 heterocycles. The van der Waals surface area contributed by atoms with Gasteiger partial charge in [-0.15, -0.1) is 0 Å². The fraction of sp³-hybridized carbons (Fsp3) is 0.571. The lowest BCUT2D eigenvalue weighted by Crippen LogP contribution is -2.57. The highest BCUT2D eigenvalue weighted by atomic mass is 32.2. The molecule has 0 bridgehead atoms. The van der Waals surface area contributed by atoms with Crippen molar-refractivity contribution >= 4 is 19.9 Å². The lowest BCUT2D eigenvalue weighted by molar-refractivity contribution is 0.242. The number of sulfonamides is 1. The lowest BCUT2D eigenvalue weighted by atomic mass is 10.3. The summed E-state index contributed by atoms with van der Waals surface area (Å²) in [7, 11) is -6.82. The smallest absolute Gasteiger partial charge is 0.243 e. The van der Waals surface area contributed by atoms with Gasteiger partial charge in [0.2, 0.25) is 10.0 Å². The molecule has 0 N–H and O–H groups in total. The fourth-order valence-electron chi connectivity index (χ4n) is 2.17. The molecular formula is C14H21NO5S2. The molecule has 124 valence electrons. The Morgan fingerprint density at radius 2 is 1.68 bits per heavy atom. The van der Waals surface area contributed by atoms with E-state index in [2.05, 4.69) is 0 Å². The monoisotopic (exact) mass is 347 g/mol. The first-order valence-corrected chi connectivity index (χ1v) is 10.3. The van der Waals surface area contributed by atoms with Crippen molar-refractivity contribution in [1.82, 2.24) is 4.31 Å². The summed E-state index contributed by atoms with van der Waals surface area (Å²) >= 11 is 0. The van der Waals surface area contributed by atoms with Gasteiger partial charge in [-0.3, -0.25) is 0 Å². The summed E-state index contributed by atoms with van der Waals surface area (Å²) < 4.78 is 54.9. The Morgan fingerprint density at radius 3 is 2.14 bits per heavy atom. The third-order valence-electron chi connectivity index (χ3n) is 3.56. The van der Waals surface area contributed by atoms with Crippen LogP contribution in [-0.2, 0) is 19.9 Å². The number of ether oxygens (including phenoxy) is 1. The van der Waals surface area contributed by atoms with E-state index in [1.807, 2.05) is 13.8 Å². The van der Waals surface area contributed by atoms with E-state index in [1.54, 1.807) is 19.1 Å². The number of hydrogen-bond donors (Lipinski definition) is 0. The average Bonchev–Trinajstić information content (AvgIpc) is 2.36. The zero-order chi connectivity index (χ0) is 16.5. The van der Waals surface area contributed by atoms with Crippen molar-refractivity contribution in [3.8, 4) is 5.75 Å². The molecule has 0 aromatic heterocycles. The van der Waals surface area contributed by atoms with Gasteiger partial charge in [-0.25, -0.2) is 16.8 Å². The normalized spacial score (nSPS) is 17.5. The van der Waals surface area contributed by atoms with Crippen LogP contribution in [0.15, 0.2) is 29.2 Å². The van der Waals surface area contributed by atoms with Gasteiger partial charge in [-0.05, 0) is 38.1 Å². The van der Waals surface area contributed by atoms with Gasteiger partial charge in [0.1, 0.15) is 5.75 Å². The van der Waals surface area contributed by atoms with Crippen molar-refractivity contribution in [2.24, 2.45) is 0 Å². The minimum atomic E-state index is -3.64. The summed E-state index contributed by atoms with van der Waals surface area (Å²) in [6.45, 7) is 5.41. The molecule has 1 aliphatic rings. The van der Waals surface area contributed by atoms with Crippen LogP contribution in [-0.4, -0.2) is 51.3 Å². The second-order valence-electron chi connectivity index (χ2n) is 5.53. The Labute approximate surface area is 132 Å². The second-order valence-corrected chi connectivity index (χ2v) is 10.0. The van der Waals surface area contributed by atoms with E-state index < -0.39 is 25.1 Å². The van der Waals surface area contributed by atoms with Gasteiger partial charge in [0.15, 0.2) is 9.84 Å². The Kier molecular flexibility index (Phi) is 4.84. The van der Waals surface area contributed by atoms with Gasteiger partial charge in [0.05, 0.1) is 16.2 Å². The standard InChI is InChI=1S/C14H21NO5S2/c1-4-21(16,17)14-9-15(10-14)22(18,19)13-7-5-12(6-8-13)20-11(2)3/h5-8,11,14H,4,9-10H2,1-3H3. The van der Waals surface area contributed by atoms with Crippen molar-refractivity contribution in [1.29, 1.82) is 0 Å². The highest BCUT2D eigenvalue weighted by molar-refractivity contribution is 7.92. The van der Waals surface area contributed by atoms with Crippen LogP contribution in [0.25, 0.3) is 0 Å². The van der Waals surface area contributed by atoms with Gasteiger partial charge < -0.3 is 4.74 Å². The number of sulfone groups is 1. The topological polar surface area (TPSA) is 80.8 Å². The molecule has 22 heavy (non-hydrogen) atoms. The van der Waals surface area contributed by atoms with Crippen LogP contribution in [0.2, 0.25) is 0 Å². The molecule has 0 aliphatic carbocycles. The molecule has 0 amide bonds. The summed E-state index contributed by atoms with van der Waals surface area (Å²) in [6, 6.07) is 6.17. The van der Waals surface area contributed by atoms with Crippen LogP contribution < -0.4 is 4.74 Å². The van der Waals surface area contributed by atoms with Crippen LogP contribution in [0.1, 0.15) is 20.8 Å². The van der Waals surface area contributed by atoms with Crippen molar-refractivity contribution in [2.45, 2.75) is 37.0 Å². The van der Waals surface area contributed by atoms with Crippen LogP contribution in [0.5, 0.6) is 5.75 Å². The van der Waals surface area contributed by atoms with Gasteiger partial charge in [0.25, 0.3) is 0 Å². The largest absolute Gasteiger partial charge is 0.491 e. The quantitative estimate of drug-likeness (QED) is 0.774. The van der Waals surface area contributed by atoms with Gasteiger partial charge >= 0.3 is 0 Å². The molecule has 6 nitrogen and oxygen atoms in total. The van der Waals surface area contributed by atoms with E-state index in [0.29, 0.717) is 5.75 Å². The van der Waals surface area contributed by atoms with Gasteiger partial charge in [-0.2, -0.15) is 4.31 Å². The summed E-state index contributed by atoms with van der Waals surface area (Å²) in [6.07, 6.45) is 0.0119. The molecule has 1 aliphatic heterocycles. The first-order valence-electron chi connectivity index (χ1n) is 7.15. The maximum atomic E-state index is 12.4. The Balaban J connectivity index is 2.09. The minimum absolute atomic E-state index is 0.0119. The van der Waals surface area contributed by atoms with Crippen molar-refractivity contribution in [2.75, 3.05) is 18.8 Å². The molecule has 0 saturated carbocycles. The molecule has 1 fully saturated rings.